The van der Waals surface area contributed by atoms with Crippen LogP contribution in [0.5, 0.6) is 0 Å². The third kappa shape index (κ3) is 7.05. The minimum absolute atomic E-state index is 0.224. The molecule has 2 fully saturated rings. The van der Waals surface area contributed by atoms with Gasteiger partial charge in [0.25, 0.3) is 0 Å². The van der Waals surface area contributed by atoms with Crippen LogP contribution >= 0.6 is 0 Å². The quantitative estimate of drug-likeness (QED) is 0.186. The van der Waals surface area contributed by atoms with Crippen molar-refractivity contribution in [1.82, 2.24) is 10.6 Å². The monoisotopic (exact) mass is 588 g/mol. The molecule has 42 heavy (non-hydrogen) atoms. The van der Waals surface area contributed by atoms with Crippen LogP contribution in [0.15, 0.2) is 48.5 Å². The van der Waals surface area contributed by atoms with E-state index in [9.17, 15) is 30.6 Å². The molecule has 2 aromatic rings. The molecule has 0 saturated carbocycles. The van der Waals surface area contributed by atoms with Crippen LogP contribution in [-0.4, -0.2) is 105 Å². The summed E-state index contributed by atoms with van der Waals surface area (Å²) in [6, 6.07) is 15.0. The highest BCUT2D eigenvalue weighted by Gasteiger charge is 2.49. The molecule has 0 spiro atoms. The molecule has 8 atom stereocenters. The van der Waals surface area contributed by atoms with Crippen LogP contribution < -0.4 is 10.6 Å². The second kappa shape index (κ2) is 13.8. The van der Waals surface area contributed by atoms with Crippen molar-refractivity contribution in [3.63, 3.8) is 0 Å². The summed E-state index contributed by atoms with van der Waals surface area (Å²) in [5, 5.41) is 68.2. The minimum Gasteiger partial charge on any atom is -0.396 e. The fourth-order valence-electron chi connectivity index (χ4n) is 6.52. The number of aliphatic hydroxyl groups excluding tert-OH is 6. The van der Waals surface area contributed by atoms with E-state index in [0.717, 1.165) is 22.3 Å². The molecule has 2 heterocycles. The molecule has 0 amide bonds. The van der Waals surface area contributed by atoms with E-state index in [4.69, 9.17) is 9.47 Å². The Balaban J connectivity index is 1.43. The first-order valence-corrected chi connectivity index (χ1v) is 14.8. The van der Waals surface area contributed by atoms with E-state index < -0.39 is 59.5 Å². The molecule has 0 bridgehead atoms. The van der Waals surface area contributed by atoms with Crippen molar-refractivity contribution in [3.8, 4) is 11.1 Å². The number of benzene rings is 2. The smallest absolute Gasteiger partial charge is 0.0991 e. The lowest BCUT2D eigenvalue weighted by Gasteiger charge is -2.49. The van der Waals surface area contributed by atoms with Crippen molar-refractivity contribution >= 4 is 0 Å². The first-order chi connectivity index (χ1) is 19.9. The molecule has 2 aliphatic heterocycles. The number of aliphatic hydroxyl groups is 6. The van der Waals surface area contributed by atoms with Crippen molar-refractivity contribution in [2.75, 3.05) is 26.4 Å². The summed E-state index contributed by atoms with van der Waals surface area (Å²) in [6.07, 6.45) is -2.99. The maximum atomic E-state index is 11.0. The fraction of sp³-hybridized carbons (Fsp3) is 0.625. The molecule has 10 heteroatoms. The van der Waals surface area contributed by atoms with Crippen LogP contribution in [0.4, 0.5) is 0 Å². The molecule has 4 rings (SSSR count). The van der Waals surface area contributed by atoms with Gasteiger partial charge in [0.1, 0.15) is 0 Å². The van der Waals surface area contributed by atoms with Gasteiger partial charge in [-0.1, -0.05) is 36.4 Å². The van der Waals surface area contributed by atoms with Gasteiger partial charge in [0.2, 0.25) is 0 Å². The van der Waals surface area contributed by atoms with Crippen LogP contribution in [0.1, 0.15) is 38.8 Å². The molecule has 2 aromatic carbocycles. The van der Waals surface area contributed by atoms with Crippen LogP contribution in [0.2, 0.25) is 0 Å². The van der Waals surface area contributed by atoms with E-state index in [1.165, 1.54) is 0 Å². The summed E-state index contributed by atoms with van der Waals surface area (Å²) in [4.78, 5) is 0. The minimum atomic E-state index is -0.888. The van der Waals surface area contributed by atoms with Gasteiger partial charge in [-0.25, -0.2) is 0 Å². The first kappa shape index (κ1) is 32.9. The molecule has 2 saturated heterocycles. The van der Waals surface area contributed by atoms with Crippen LogP contribution in [0.3, 0.4) is 0 Å². The molecule has 8 N–H and O–H groups in total. The average molecular weight is 589 g/mol. The predicted octanol–water partition coefficient (Wildman–Crippen LogP) is 0.548. The Bertz CT molecular complexity index is 1070. The molecule has 0 aliphatic carbocycles. The molecule has 0 aromatic heterocycles. The molecule has 2 aliphatic rings. The fourth-order valence-corrected chi connectivity index (χ4v) is 6.52. The Hall–Kier alpha value is -1.96. The second-order valence-electron chi connectivity index (χ2n) is 12.7. The van der Waals surface area contributed by atoms with Crippen molar-refractivity contribution in [2.24, 2.45) is 11.8 Å². The molecule has 10 nitrogen and oxygen atoms in total. The third-order valence-electron chi connectivity index (χ3n) is 9.08. The Labute approximate surface area is 248 Å². The van der Waals surface area contributed by atoms with Crippen molar-refractivity contribution in [1.29, 1.82) is 0 Å². The van der Waals surface area contributed by atoms with E-state index in [2.05, 4.69) is 22.8 Å². The van der Waals surface area contributed by atoms with Crippen LogP contribution in [0, 0.1) is 11.8 Å². The van der Waals surface area contributed by atoms with Gasteiger partial charge in [0, 0.05) is 24.9 Å². The summed E-state index contributed by atoms with van der Waals surface area (Å²) < 4.78 is 12.1. The van der Waals surface area contributed by atoms with Gasteiger partial charge in [0.15, 0.2) is 0 Å². The molecule has 0 radical (unpaired) electrons. The lowest BCUT2D eigenvalue weighted by atomic mass is 9.78. The highest BCUT2D eigenvalue weighted by molar-refractivity contribution is 5.65. The van der Waals surface area contributed by atoms with Gasteiger partial charge in [-0.2, -0.15) is 0 Å². The number of ether oxygens (including phenoxy) is 2. The zero-order chi connectivity index (χ0) is 30.7. The van der Waals surface area contributed by atoms with Gasteiger partial charge in [-0.15, -0.1) is 0 Å². The van der Waals surface area contributed by atoms with Gasteiger partial charge < -0.3 is 50.7 Å². The van der Waals surface area contributed by atoms with E-state index >= 15 is 0 Å². The summed E-state index contributed by atoms with van der Waals surface area (Å²) >= 11 is 0. The number of nitrogens with one attached hydrogen (secondary N) is 2. The predicted molar refractivity (Wildman–Crippen MR) is 158 cm³/mol. The largest absolute Gasteiger partial charge is 0.396 e. The van der Waals surface area contributed by atoms with Crippen molar-refractivity contribution < 1.29 is 40.1 Å². The lowest BCUT2D eigenvalue weighted by molar-refractivity contribution is -0.216. The first-order valence-electron chi connectivity index (χ1n) is 14.8. The summed E-state index contributed by atoms with van der Waals surface area (Å²) in [5.74, 6) is -0.981. The number of rotatable bonds is 11. The van der Waals surface area contributed by atoms with E-state index in [1.54, 1.807) is 0 Å². The van der Waals surface area contributed by atoms with E-state index in [1.807, 2.05) is 64.1 Å². The molecule has 0 unspecified atom stereocenters. The Morgan fingerprint density at radius 2 is 1.00 bits per heavy atom. The van der Waals surface area contributed by atoms with Gasteiger partial charge in [-0.3, -0.25) is 0 Å². The highest BCUT2D eigenvalue weighted by atomic mass is 16.5. The van der Waals surface area contributed by atoms with Crippen molar-refractivity contribution in [3.05, 3.63) is 59.7 Å². The van der Waals surface area contributed by atoms with Crippen LogP contribution in [0.25, 0.3) is 11.1 Å². The Morgan fingerprint density at radius 3 is 1.33 bits per heavy atom. The molecular weight excluding hydrogens is 540 g/mol. The third-order valence-corrected chi connectivity index (χ3v) is 9.08. The zero-order valence-electron chi connectivity index (χ0n) is 25.0. The Kier molecular flexibility index (Phi) is 10.8. The summed E-state index contributed by atoms with van der Waals surface area (Å²) in [7, 11) is 0. The number of hydrogen-bond donors (Lipinski definition) is 8. The van der Waals surface area contributed by atoms with Gasteiger partial charge >= 0.3 is 0 Å². The van der Waals surface area contributed by atoms with E-state index in [-0.39, 0.29) is 26.4 Å². The summed E-state index contributed by atoms with van der Waals surface area (Å²) in [6.45, 7) is 7.16. The average Bonchev–Trinajstić information content (AvgIpc) is 2.95. The van der Waals surface area contributed by atoms with Gasteiger partial charge in [-0.05, 0) is 62.1 Å². The van der Waals surface area contributed by atoms with Gasteiger partial charge in [0.05, 0.1) is 74.1 Å². The van der Waals surface area contributed by atoms with E-state index in [0.29, 0.717) is 13.1 Å². The Morgan fingerprint density at radius 1 is 0.619 bits per heavy atom. The summed E-state index contributed by atoms with van der Waals surface area (Å²) in [5.41, 5.74) is 2.43. The SMILES string of the molecule is CC1(C)O[C@H](CO)[C@H](NCc2cccc(-c3cccc(CN[C@@H]4[C@@H](O)[C@H](CO)C(C)(C)O[C@@H]4CO)c3)c2)[C@@H](O)[C@@H]1CO. The maximum Gasteiger partial charge on any atom is 0.0991 e. The highest BCUT2D eigenvalue weighted by Crippen LogP contribution is 2.35. The lowest BCUT2D eigenvalue weighted by Crippen LogP contribution is -2.64. The van der Waals surface area contributed by atoms with Crippen LogP contribution in [-0.2, 0) is 22.6 Å². The molecular formula is C32H48N2O8. The standard InChI is InChI=1S/C32H48N2O8/c1-31(2)23(15-35)29(39)27(25(17-37)41-31)33-13-19-7-5-9-21(11-19)22-10-6-8-20(12-22)14-34-28-26(18-38)42-32(3,4)24(16-36)30(28)40/h5-12,23-30,33-40H,13-18H2,1-4H3/t23-,24-,25+,26+,27-,28-,29-,30-/m0/s1. The topological polar surface area (TPSA) is 164 Å². The zero-order valence-corrected chi connectivity index (χ0v) is 25.0. The number of hydrogen-bond acceptors (Lipinski definition) is 10. The maximum absolute atomic E-state index is 11.0. The van der Waals surface area contributed by atoms with Crippen molar-refractivity contribution in [2.45, 2.75) is 88.5 Å². The second-order valence-corrected chi connectivity index (χ2v) is 12.7. The molecule has 234 valence electrons. The normalized spacial score (nSPS) is 32.5.